The third-order valence-electron chi connectivity index (χ3n) is 2.76. The molecule has 1 aromatic rings. The summed E-state index contributed by atoms with van der Waals surface area (Å²) in [4.78, 5) is 1.77. The van der Waals surface area contributed by atoms with Crippen molar-refractivity contribution in [2.24, 2.45) is 5.73 Å². The molecule has 1 aromatic carbocycles. The molecule has 0 bridgehead atoms. The summed E-state index contributed by atoms with van der Waals surface area (Å²) in [5.41, 5.74) is 7.77. The molecule has 3 N–H and O–H groups in total. The summed E-state index contributed by atoms with van der Waals surface area (Å²) >= 11 is 0. The van der Waals surface area contributed by atoms with E-state index in [1.54, 1.807) is 4.90 Å². The quantitative estimate of drug-likeness (QED) is 0.650. The smallest absolute Gasteiger partial charge is 0.145 e. The molecular formula is C11H16N2O2. The van der Waals surface area contributed by atoms with Crippen LogP contribution in [-0.2, 0) is 0 Å². The Labute approximate surface area is 89.3 Å². The number of nitrogens with two attached hydrogens (primary N) is 1. The topological polar surface area (TPSA) is 58.7 Å². The molecule has 2 atom stereocenters. The molecular weight excluding hydrogens is 192 g/mol. The average Bonchev–Trinajstić information content (AvgIpc) is 2.32. The van der Waals surface area contributed by atoms with Gasteiger partial charge in [0.15, 0.2) is 0 Å². The minimum absolute atomic E-state index is 0.335. The number of fused-ring (bicyclic) bond motifs is 1. The fraction of sp³-hybridized carbons (Fsp3) is 0.455. The number of ether oxygens (including phenoxy) is 1. The fourth-order valence-electron chi connectivity index (χ4n) is 1.89. The SMILES string of the molecule is Cc1cccc2c1N(C)C(O)C(N)CO2. The number of nitrogens with zero attached hydrogens (tertiary/aromatic N) is 1. The molecule has 2 unspecified atom stereocenters. The number of aliphatic hydroxyl groups is 1. The molecule has 15 heavy (non-hydrogen) atoms. The summed E-state index contributed by atoms with van der Waals surface area (Å²) in [6.45, 7) is 2.32. The molecule has 0 aliphatic carbocycles. The molecule has 1 aliphatic heterocycles. The van der Waals surface area contributed by atoms with Crippen molar-refractivity contribution >= 4 is 5.69 Å². The number of anilines is 1. The molecule has 2 rings (SSSR count). The third kappa shape index (κ3) is 1.66. The summed E-state index contributed by atoms with van der Waals surface area (Å²) in [6.07, 6.45) is -0.702. The first-order valence-electron chi connectivity index (χ1n) is 5.00. The van der Waals surface area contributed by atoms with Crippen LogP contribution in [0, 0.1) is 6.92 Å². The first-order valence-corrected chi connectivity index (χ1v) is 5.00. The zero-order valence-corrected chi connectivity index (χ0v) is 8.97. The van der Waals surface area contributed by atoms with E-state index in [0.717, 1.165) is 17.0 Å². The van der Waals surface area contributed by atoms with Gasteiger partial charge < -0.3 is 20.5 Å². The lowest BCUT2D eigenvalue weighted by Gasteiger charge is -2.27. The second-order valence-corrected chi connectivity index (χ2v) is 3.92. The van der Waals surface area contributed by atoms with Crippen LogP contribution in [-0.4, -0.2) is 31.0 Å². The Balaban J connectivity index is 2.48. The number of benzene rings is 1. The lowest BCUT2D eigenvalue weighted by atomic mass is 10.1. The molecule has 1 aliphatic rings. The minimum Gasteiger partial charge on any atom is -0.490 e. The predicted octanol–water partition coefficient (Wildman–Crippen LogP) is 0.469. The van der Waals surface area contributed by atoms with Crippen molar-refractivity contribution in [3.05, 3.63) is 23.8 Å². The van der Waals surface area contributed by atoms with Gasteiger partial charge >= 0.3 is 0 Å². The second kappa shape index (κ2) is 3.72. The van der Waals surface area contributed by atoms with E-state index in [0.29, 0.717) is 6.61 Å². The van der Waals surface area contributed by atoms with E-state index >= 15 is 0 Å². The summed E-state index contributed by atoms with van der Waals surface area (Å²) in [5.74, 6) is 0.782. The number of likely N-dealkylation sites (N-methyl/N-ethyl adjacent to an activating group) is 1. The van der Waals surface area contributed by atoms with Crippen LogP contribution < -0.4 is 15.4 Å². The molecule has 0 spiro atoms. The van der Waals surface area contributed by atoms with Crippen LogP contribution in [0.4, 0.5) is 5.69 Å². The van der Waals surface area contributed by atoms with Crippen molar-refractivity contribution in [2.75, 3.05) is 18.6 Å². The van der Waals surface area contributed by atoms with E-state index < -0.39 is 6.23 Å². The van der Waals surface area contributed by atoms with Crippen molar-refractivity contribution < 1.29 is 9.84 Å². The Morgan fingerprint density at radius 3 is 3.00 bits per heavy atom. The Morgan fingerprint density at radius 2 is 2.27 bits per heavy atom. The second-order valence-electron chi connectivity index (χ2n) is 3.92. The summed E-state index contributed by atoms with van der Waals surface area (Å²) in [6, 6.07) is 5.43. The van der Waals surface area contributed by atoms with Gasteiger partial charge in [-0.25, -0.2) is 0 Å². The average molecular weight is 208 g/mol. The molecule has 4 heteroatoms. The molecule has 1 heterocycles. The molecule has 0 saturated heterocycles. The van der Waals surface area contributed by atoms with Gasteiger partial charge in [-0.2, -0.15) is 0 Å². The zero-order chi connectivity index (χ0) is 11.0. The lowest BCUT2D eigenvalue weighted by Crippen LogP contribution is -2.47. The Morgan fingerprint density at radius 1 is 1.53 bits per heavy atom. The molecule has 0 radical (unpaired) electrons. The van der Waals surface area contributed by atoms with Crippen molar-refractivity contribution in [3.63, 3.8) is 0 Å². The van der Waals surface area contributed by atoms with Gasteiger partial charge in [0.25, 0.3) is 0 Å². The highest BCUT2D eigenvalue weighted by Crippen LogP contribution is 2.34. The van der Waals surface area contributed by atoms with Crippen molar-refractivity contribution in [1.82, 2.24) is 0 Å². The van der Waals surface area contributed by atoms with Crippen LogP contribution in [0.3, 0.4) is 0 Å². The van der Waals surface area contributed by atoms with Crippen LogP contribution >= 0.6 is 0 Å². The highest BCUT2D eigenvalue weighted by Gasteiger charge is 2.27. The molecule has 0 aromatic heterocycles. The van der Waals surface area contributed by atoms with Gasteiger partial charge in [0, 0.05) is 7.05 Å². The third-order valence-corrected chi connectivity index (χ3v) is 2.76. The fourth-order valence-corrected chi connectivity index (χ4v) is 1.89. The van der Waals surface area contributed by atoms with Crippen molar-refractivity contribution in [2.45, 2.75) is 19.2 Å². The van der Waals surface area contributed by atoms with Crippen LogP contribution in [0.25, 0.3) is 0 Å². The monoisotopic (exact) mass is 208 g/mol. The number of aliphatic hydroxyl groups excluding tert-OH is 1. The summed E-state index contributed by atoms with van der Waals surface area (Å²) < 4.78 is 5.56. The highest BCUT2D eigenvalue weighted by molar-refractivity contribution is 5.64. The van der Waals surface area contributed by atoms with Crippen molar-refractivity contribution in [3.8, 4) is 5.75 Å². The van der Waals surface area contributed by atoms with E-state index in [2.05, 4.69) is 0 Å². The van der Waals surface area contributed by atoms with Gasteiger partial charge in [0.1, 0.15) is 18.6 Å². The highest BCUT2D eigenvalue weighted by atomic mass is 16.5. The molecule has 0 amide bonds. The van der Waals surface area contributed by atoms with Crippen LogP contribution in [0.15, 0.2) is 18.2 Å². The maximum Gasteiger partial charge on any atom is 0.145 e. The maximum atomic E-state index is 9.92. The Bertz CT molecular complexity index is 368. The zero-order valence-electron chi connectivity index (χ0n) is 8.97. The van der Waals surface area contributed by atoms with E-state index in [4.69, 9.17) is 10.5 Å². The first-order chi connectivity index (χ1) is 7.11. The molecule has 0 saturated carbocycles. The maximum absolute atomic E-state index is 9.92. The largest absolute Gasteiger partial charge is 0.490 e. The van der Waals surface area contributed by atoms with E-state index in [1.165, 1.54) is 0 Å². The van der Waals surface area contributed by atoms with Crippen LogP contribution in [0.2, 0.25) is 0 Å². The van der Waals surface area contributed by atoms with Crippen molar-refractivity contribution in [1.29, 1.82) is 0 Å². The number of hydrogen-bond acceptors (Lipinski definition) is 4. The summed E-state index contributed by atoms with van der Waals surface area (Å²) in [5, 5.41) is 9.92. The van der Waals surface area contributed by atoms with Crippen LogP contribution in [0.5, 0.6) is 5.75 Å². The van der Waals surface area contributed by atoms with Gasteiger partial charge in [0.05, 0.1) is 11.7 Å². The van der Waals surface area contributed by atoms with Crippen LogP contribution in [0.1, 0.15) is 5.56 Å². The molecule has 0 fully saturated rings. The number of aryl methyl sites for hydroxylation is 1. The molecule has 4 nitrogen and oxygen atoms in total. The minimum atomic E-state index is -0.702. The number of para-hydroxylation sites is 1. The van der Waals surface area contributed by atoms with Gasteiger partial charge in [-0.15, -0.1) is 0 Å². The Kier molecular flexibility index (Phi) is 2.54. The first kappa shape index (κ1) is 10.3. The van der Waals surface area contributed by atoms with Gasteiger partial charge in [-0.3, -0.25) is 0 Å². The Hall–Kier alpha value is -1.26. The number of hydrogen-bond donors (Lipinski definition) is 2. The van der Waals surface area contributed by atoms with E-state index in [-0.39, 0.29) is 6.04 Å². The number of rotatable bonds is 0. The normalized spacial score (nSPS) is 25.5. The van der Waals surface area contributed by atoms with E-state index in [1.807, 2.05) is 32.2 Å². The molecule has 82 valence electrons. The lowest BCUT2D eigenvalue weighted by molar-refractivity contribution is 0.125. The van der Waals surface area contributed by atoms with Gasteiger partial charge in [-0.1, -0.05) is 12.1 Å². The summed E-state index contributed by atoms with van der Waals surface area (Å²) in [7, 11) is 1.82. The van der Waals surface area contributed by atoms with Gasteiger partial charge in [0.2, 0.25) is 0 Å². The van der Waals surface area contributed by atoms with Gasteiger partial charge in [-0.05, 0) is 18.6 Å². The van der Waals surface area contributed by atoms with E-state index in [9.17, 15) is 5.11 Å². The standard InChI is InChI=1S/C11H16N2O2/c1-7-4-3-5-9-10(7)13(2)11(14)8(12)6-15-9/h3-5,8,11,14H,6,12H2,1-2H3. The predicted molar refractivity (Wildman–Crippen MR) is 59.1 cm³/mol.